The minimum absolute atomic E-state index is 0.0276. The summed E-state index contributed by atoms with van der Waals surface area (Å²) in [5.74, 6) is -0.261. The van der Waals surface area contributed by atoms with E-state index in [4.69, 9.17) is 0 Å². The molecule has 1 aromatic carbocycles. The van der Waals surface area contributed by atoms with Crippen molar-refractivity contribution in [1.29, 1.82) is 0 Å². The molecule has 8 heteroatoms. The van der Waals surface area contributed by atoms with Gasteiger partial charge in [-0.15, -0.1) is 0 Å². The van der Waals surface area contributed by atoms with Gasteiger partial charge in [-0.2, -0.15) is 0 Å². The molecule has 0 unspecified atom stereocenters. The van der Waals surface area contributed by atoms with Crippen LogP contribution in [0.5, 0.6) is 0 Å². The van der Waals surface area contributed by atoms with Crippen LogP contribution in [0.25, 0.3) is 0 Å². The highest BCUT2D eigenvalue weighted by atomic mass is 32.2. The maximum absolute atomic E-state index is 12.2. The van der Waals surface area contributed by atoms with Crippen LogP contribution in [0.1, 0.15) is 23.7 Å². The molecular weight excluding hydrogens is 318 g/mol. The lowest BCUT2D eigenvalue weighted by Gasteiger charge is -2.27. The van der Waals surface area contributed by atoms with E-state index in [2.05, 4.69) is 10.0 Å². The van der Waals surface area contributed by atoms with Crippen LogP contribution in [0.3, 0.4) is 0 Å². The van der Waals surface area contributed by atoms with Gasteiger partial charge in [-0.05, 0) is 19.1 Å². The molecule has 1 aliphatic rings. The van der Waals surface area contributed by atoms with Gasteiger partial charge in [-0.3, -0.25) is 9.59 Å². The Labute approximate surface area is 136 Å². The van der Waals surface area contributed by atoms with Crippen molar-refractivity contribution in [1.82, 2.24) is 14.9 Å². The predicted molar refractivity (Wildman–Crippen MR) is 85.7 cm³/mol. The second-order valence-corrected chi connectivity index (χ2v) is 7.13. The monoisotopic (exact) mass is 339 g/mol. The molecule has 23 heavy (non-hydrogen) atoms. The van der Waals surface area contributed by atoms with Crippen LogP contribution in [0.4, 0.5) is 0 Å². The van der Waals surface area contributed by atoms with Gasteiger partial charge in [0.25, 0.3) is 0 Å². The molecule has 2 N–H and O–H groups in total. The van der Waals surface area contributed by atoms with Crippen LogP contribution in [0.2, 0.25) is 0 Å². The number of carbonyl (C=O) groups excluding carboxylic acids is 2. The molecule has 1 heterocycles. The van der Waals surface area contributed by atoms with E-state index in [1.54, 1.807) is 11.0 Å². The van der Waals surface area contributed by atoms with Gasteiger partial charge >= 0.3 is 0 Å². The third-order valence-electron chi connectivity index (χ3n) is 3.65. The summed E-state index contributed by atoms with van der Waals surface area (Å²) in [5.41, 5.74) is 0.338. The standard InChI is InChI=1S/C15H21N3O4S/c1-12(19)13-3-2-4-14(11-13)23(21,22)17-6-5-15(20)18-9-7-16-8-10-18/h2-4,11,16-17H,5-10H2,1H3. The second kappa shape index (κ2) is 7.67. The Hall–Kier alpha value is -1.77. The Morgan fingerprint density at radius 2 is 1.96 bits per heavy atom. The summed E-state index contributed by atoms with van der Waals surface area (Å²) in [7, 11) is -3.73. The molecule has 2 rings (SSSR count). The molecule has 0 saturated carbocycles. The van der Waals surface area contributed by atoms with E-state index in [1.807, 2.05) is 0 Å². The van der Waals surface area contributed by atoms with Gasteiger partial charge in [0.05, 0.1) is 4.90 Å². The Morgan fingerprint density at radius 1 is 1.26 bits per heavy atom. The van der Waals surface area contributed by atoms with Gasteiger partial charge in [-0.25, -0.2) is 13.1 Å². The van der Waals surface area contributed by atoms with Crippen LogP contribution in [-0.4, -0.2) is 57.7 Å². The van der Waals surface area contributed by atoms with E-state index in [0.717, 1.165) is 13.1 Å². The van der Waals surface area contributed by atoms with Crippen LogP contribution >= 0.6 is 0 Å². The highest BCUT2D eigenvalue weighted by Gasteiger charge is 2.18. The van der Waals surface area contributed by atoms with Gasteiger partial charge in [0, 0.05) is 44.7 Å². The van der Waals surface area contributed by atoms with Crippen molar-refractivity contribution in [2.24, 2.45) is 0 Å². The van der Waals surface area contributed by atoms with Crippen molar-refractivity contribution < 1.29 is 18.0 Å². The Morgan fingerprint density at radius 3 is 2.61 bits per heavy atom. The summed E-state index contributed by atoms with van der Waals surface area (Å²) in [4.78, 5) is 25.1. The SMILES string of the molecule is CC(=O)c1cccc(S(=O)(=O)NCCC(=O)N2CCNCC2)c1. The van der Waals surface area contributed by atoms with Crippen molar-refractivity contribution in [2.75, 3.05) is 32.7 Å². The molecular formula is C15H21N3O4S. The molecule has 0 bridgehead atoms. The van der Waals surface area contributed by atoms with E-state index in [9.17, 15) is 18.0 Å². The average Bonchev–Trinajstić information content (AvgIpc) is 2.55. The number of piperazine rings is 1. The summed E-state index contributed by atoms with van der Waals surface area (Å²) >= 11 is 0. The third kappa shape index (κ3) is 4.85. The first kappa shape index (κ1) is 17.6. The first-order valence-corrected chi connectivity index (χ1v) is 8.97. The maximum Gasteiger partial charge on any atom is 0.240 e. The smallest absolute Gasteiger partial charge is 0.240 e. The summed E-state index contributed by atoms with van der Waals surface area (Å²) in [6, 6.07) is 5.85. The zero-order chi connectivity index (χ0) is 16.9. The topological polar surface area (TPSA) is 95.6 Å². The molecule has 0 atom stereocenters. The zero-order valence-corrected chi connectivity index (χ0v) is 13.9. The van der Waals surface area contributed by atoms with E-state index >= 15 is 0 Å². The number of benzene rings is 1. The largest absolute Gasteiger partial charge is 0.340 e. The second-order valence-electron chi connectivity index (χ2n) is 5.36. The number of hydrogen-bond acceptors (Lipinski definition) is 5. The van der Waals surface area contributed by atoms with Gasteiger partial charge in [-0.1, -0.05) is 12.1 Å². The van der Waals surface area contributed by atoms with Crippen molar-refractivity contribution in [3.63, 3.8) is 0 Å². The molecule has 0 radical (unpaired) electrons. The minimum atomic E-state index is -3.73. The molecule has 1 aliphatic heterocycles. The van der Waals surface area contributed by atoms with Crippen molar-refractivity contribution in [3.8, 4) is 0 Å². The number of Topliss-reactive ketones (excluding diaryl/α,β-unsaturated/α-hetero) is 1. The lowest BCUT2D eigenvalue weighted by molar-refractivity contribution is -0.131. The highest BCUT2D eigenvalue weighted by molar-refractivity contribution is 7.89. The van der Waals surface area contributed by atoms with Crippen LogP contribution in [0.15, 0.2) is 29.2 Å². The normalized spacial score (nSPS) is 15.4. The highest BCUT2D eigenvalue weighted by Crippen LogP contribution is 2.12. The first-order valence-electron chi connectivity index (χ1n) is 7.49. The fourth-order valence-corrected chi connectivity index (χ4v) is 3.41. The molecule has 1 fully saturated rings. The Kier molecular flexibility index (Phi) is 5.86. The molecule has 0 aliphatic carbocycles. The van der Waals surface area contributed by atoms with Crippen molar-refractivity contribution in [2.45, 2.75) is 18.2 Å². The van der Waals surface area contributed by atoms with Crippen LogP contribution in [0, 0.1) is 0 Å². The summed E-state index contributed by atoms with van der Waals surface area (Å²) < 4.78 is 26.8. The Bertz CT molecular complexity index is 682. The number of sulfonamides is 1. The van der Waals surface area contributed by atoms with E-state index in [0.29, 0.717) is 18.7 Å². The van der Waals surface area contributed by atoms with Crippen LogP contribution < -0.4 is 10.0 Å². The lowest BCUT2D eigenvalue weighted by Crippen LogP contribution is -2.47. The van der Waals surface area contributed by atoms with Crippen molar-refractivity contribution in [3.05, 3.63) is 29.8 Å². The summed E-state index contributed by atoms with van der Waals surface area (Å²) in [5, 5.41) is 3.15. The number of carbonyl (C=O) groups is 2. The molecule has 1 saturated heterocycles. The molecule has 126 valence electrons. The minimum Gasteiger partial charge on any atom is -0.340 e. The average molecular weight is 339 g/mol. The number of ketones is 1. The van der Waals surface area contributed by atoms with E-state index in [-0.39, 0.29) is 29.6 Å². The van der Waals surface area contributed by atoms with Crippen molar-refractivity contribution >= 4 is 21.7 Å². The van der Waals surface area contributed by atoms with Gasteiger partial charge < -0.3 is 10.2 Å². The number of nitrogens with zero attached hydrogens (tertiary/aromatic N) is 1. The molecule has 0 aromatic heterocycles. The first-order chi connectivity index (χ1) is 10.9. The van der Waals surface area contributed by atoms with E-state index < -0.39 is 10.0 Å². The number of hydrogen-bond donors (Lipinski definition) is 2. The molecule has 1 amide bonds. The molecule has 7 nitrogen and oxygen atoms in total. The molecule has 1 aromatic rings. The zero-order valence-electron chi connectivity index (χ0n) is 13.0. The van der Waals surface area contributed by atoms with Gasteiger partial charge in [0.1, 0.15) is 0 Å². The maximum atomic E-state index is 12.2. The summed E-state index contributed by atoms with van der Waals surface area (Å²) in [6.07, 6.45) is 0.117. The lowest BCUT2D eigenvalue weighted by atomic mass is 10.2. The van der Waals surface area contributed by atoms with Gasteiger partial charge in [0.15, 0.2) is 5.78 Å². The Balaban J connectivity index is 1.92. The number of rotatable bonds is 6. The summed E-state index contributed by atoms with van der Waals surface area (Å²) in [6.45, 7) is 4.23. The fourth-order valence-electron chi connectivity index (χ4n) is 2.33. The third-order valence-corrected chi connectivity index (χ3v) is 5.11. The number of amides is 1. The fraction of sp³-hybridized carbons (Fsp3) is 0.467. The predicted octanol–water partition coefficient (Wildman–Crippen LogP) is -0.0106. The quantitative estimate of drug-likeness (QED) is 0.711. The van der Waals surface area contributed by atoms with E-state index in [1.165, 1.54) is 25.1 Å². The van der Waals surface area contributed by atoms with Crippen LogP contribution in [-0.2, 0) is 14.8 Å². The number of nitrogens with one attached hydrogen (secondary N) is 2. The van der Waals surface area contributed by atoms with Gasteiger partial charge in [0.2, 0.25) is 15.9 Å². The molecule has 0 spiro atoms.